The summed E-state index contributed by atoms with van der Waals surface area (Å²) in [5.74, 6) is 1.47. The van der Waals surface area contributed by atoms with Crippen LogP contribution in [0.25, 0.3) is 5.82 Å². The van der Waals surface area contributed by atoms with Gasteiger partial charge in [-0.2, -0.15) is 15.2 Å². The van der Waals surface area contributed by atoms with Crippen molar-refractivity contribution in [3.63, 3.8) is 0 Å². The van der Waals surface area contributed by atoms with Crippen molar-refractivity contribution in [1.82, 2.24) is 45.1 Å². The third-order valence-corrected chi connectivity index (χ3v) is 7.40. The van der Waals surface area contributed by atoms with E-state index >= 15 is 0 Å². The number of anilines is 3. The van der Waals surface area contributed by atoms with Gasteiger partial charge >= 0.3 is 0 Å². The zero-order chi connectivity index (χ0) is 29.1. The molecule has 0 spiro atoms. The van der Waals surface area contributed by atoms with Gasteiger partial charge in [-0.15, -0.1) is 0 Å². The van der Waals surface area contributed by atoms with Crippen molar-refractivity contribution in [2.45, 2.75) is 45.2 Å². The van der Waals surface area contributed by atoms with Crippen LogP contribution in [0.3, 0.4) is 0 Å². The maximum absolute atomic E-state index is 13.8. The molecule has 4 aromatic heterocycles. The van der Waals surface area contributed by atoms with Crippen LogP contribution < -0.4 is 15.5 Å². The second kappa shape index (κ2) is 11.4. The lowest BCUT2D eigenvalue weighted by atomic mass is 9.85. The topological polar surface area (TPSA) is 150 Å². The molecule has 41 heavy (non-hydrogen) atoms. The Morgan fingerprint density at radius 1 is 1.17 bits per heavy atom. The number of nitrogens with one attached hydrogen (secondary N) is 3. The van der Waals surface area contributed by atoms with Crippen LogP contribution in [0.2, 0.25) is 0 Å². The SMILES string of the molecule is CNC1(C(=O)N(C=O)C(C)c2ccc(-n3cc(F)cn3)nc2)CCN(c2nc(C)cc(Nc3cc(C)[nH]n3)n2)CC1. The molecule has 1 atom stereocenters. The summed E-state index contributed by atoms with van der Waals surface area (Å²) >= 11 is 0. The third-order valence-electron chi connectivity index (χ3n) is 7.40. The van der Waals surface area contributed by atoms with Gasteiger partial charge in [0.1, 0.15) is 11.4 Å². The largest absolute Gasteiger partial charge is 0.341 e. The van der Waals surface area contributed by atoms with Crippen molar-refractivity contribution >= 4 is 29.9 Å². The van der Waals surface area contributed by atoms with Crippen molar-refractivity contribution in [3.8, 4) is 5.82 Å². The Labute approximate surface area is 236 Å². The molecule has 13 nitrogen and oxygen atoms in total. The number of halogens is 1. The molecule has 4 aromatic rings. The highest BCUT2D eigenvalue weighted by molar-refractivity contribution is 5.94. The lowest BCUT2D eigenvalue weighted by Crippen LogP contribution is -2.62. The molecule has 0 bridgehead atoms. The second-order valence-electron chi connectivity index (χ2n) is 10.1. The molecule has 0 saturated carbocycles. The molecule has 5 heterocycles. The van der Waals surface area contributed by atoms with Crippen LogP contribution >= 0.6 is 0 Å². The number of aromatic amines is 1. The minimum absolute atomic E-state index is 0.318. The fourth-order valence-electron chi connectivity index (χ4n) is 4.96. The molecule has 1 saturated heterocycles. The fraction of sp³-hybridized carbons (Fsp3) is 0.370. The fourth-order valence-corrected chi connectivity index (χ4v) is 4.96. The number of carbonyl (C=O) groups is 2. The van der Waals surface area contributed by atoms with Crippen molar-refractivity contribution in [2.24, 2.45) is 0 Å². The Hall–Kier alpha value is -4.72. The Bertz CT molecular complexity index is 1530. The quantitative estimate of drug-likeness (QED) is 0.260. The highest BCUT2D eigenvalue weighted by Crippen LogP contribution is 2.30. The molecule has 1 aliphatic rings. The number of H-pyrrole nitrogens is 1. The van der Waals surface area contributed by atoms with Gasteiger partial charge in [0.05, 0.1) is 18.4 Å². The van der Waals surface area contributed by atoms with Crippen molar-refractivity contribution in [3.05, 3.63) is 65.6 Å². The number of piperidine rings is 1. The molecule has 0 radical (unpaired) electrons. The van der Waals surface area contributed by atoms with E-state index in [2.05, 4.69) is 40.9 Å². The molecule has 14 heteroatoms. The van der Waals surface area contributed by atoms with Gasteiger partial charge in [0.25, 0.3) is 0 Å². The van der Waals surface area contributed by atoms with Gasteiger partial charge in [-0.05, 0) is 52.3 Å². The molecule has 5 rings (SSSR count). The average Bonchev–Trinajstić information content (AvgIpc) is 3.60. The van der Waals surface area contributed by atoms with Crippen LogP contribution in [0.1, 0.15) is 42.8 Å². The lowest BCUT2D eigenvalue weighted by Gasteiger charge is -2.43. The van der Waals surface area contributed by atoms with Gasteiger partial charge in [0.2, 0.25) is 18.3 Å². The first-order valence-corrected chi connectivity index (χ1v) is 13.2. The van der Waals surface area contributed by atoms with Gasteiger partial charge in [0, 0.05) is 42.8 Å². The zero-order valence-corrected chi connectivity index (χ0v) is 23.3. The minimum Gasteiger partial charge on any atom is -0.341 e. The lowest BCUT2D eigenvalue weighted by molar-refractivity contribution is -0.146. The van der Waals surface area contributed by atoms with E-state index in [9.17, 15) is 14.0 Å². The van der Waals surface area contributed by atoms with Crippen LogP contribution in [0.4, 0.5) is 22.0 Å². The molecule has 214 valence electrons. The summed E-state index contributed by atoms with van der Waals surface area (Å²) in [7, 11) is 1.73. The number of carbonyl (C=O) groups excluding carboxylic acids is 2. The predicted octanol–water partition coefficient (Wildman–Crippen LogP) is 2.58. The monoisotopic (exact) mass is 561 g/mol. The Balaban J connectivity index is 1.28. The van der Waals surface area contributed by atoms with E-state index < -0.39 is 17.4 Å². The minimum atomic E-state index is -0.941. The van der Waals surface area contributed by atoms with Crippen LogP contribution in [0, 0.1) is 19.7 Å². The number of aromatic nitrogens is 7. The van der Waals surface area contributed by atoms with Gasteiger partial charge in [-0.1, -0.05) is 6.07 Å². The van der Waals surface area contributed by atoms with Crippen LogP contribution in [-0.2, 0) is 9.59 Å². The number of hydrogen-bond acceptors (Lipinski definition) is 10. The van der Waals surface area contributed by atoms with Crippen molar-refractivity contribution in [1.29, 1.82) is 0 Å². The zero-order valence-electron chi connectivity index (χ0n) is 23.3. The number of nitrogens with zero attached hydrogens (tertiary/aromatic N) is 8. The molecule has 1 fully saturated rings. The van der Waals surface area contributed by atoms with Gasteiger partial charge in [-0.3, -0.25) is 19.6 Å². The number of imide groups is 1. The van der Waals surface area contributed by atoms with Crippen molar-refractivity contribution < 1.29 is 14.0 Å². The van der Waals surface area contributed by atoms with E-state index in [0.717, 1.165) is 17.6 Å². The molecule has 3 N–H and O–H groups in total. The normalized spacial score (nSPS) is 15.4. The summed E-state index contributed by atoms with van der Waals surface area (Å²) in [4.78, 5) is 42.9. The highest BCUT2D eigenvalue weighted by Gasteiger charge is 2.44. The smallest absolute Gasteiger partial charge is 0.249 e. The second-order valence-corrected chi connectivity index (χ2v) is 10.1. The summed E-state index contributed by atoms with van der Waals surface area (Å²) in [6, 6.07) is 6.57. The summed E-state index contributed by atoms with van der Waals surface area (Å²) in [5.41, 5.74) is 1.44. The predicted molar refractivity (Wildman–Crippen MR) is 149 cm³/mol. The van der Waals surface area contributed by atoms with E-state index in [0.29, 0.717) is 61.3 Å². The van der Waals surface area contributed by atoms with Crippen LogP contribution in [0.15, 0.2) is 42.9 Å². The Morgan fingerprint density at radius 3 is 2.54 bits per heavy atom. The molecular weight excluding hydrogens is 529 g/mol. The molecular formula is C27H32FN11O2. The number of likely N-dealkylation sites (N-methyl/N-ethyl adjacent to an activating group) is 1. The molecule has 0 aromatic carbocycles. The Kier molecular flexibility index (Phi) is 7.75. The number of amides is 2. The van der Waals surface area contributed by atoms with Crippen molar-refractivity contribution in [2.75, 3.05) is 30.4 Å². The van der Waals surface area contributed by atoms with E-state index in [1.54, 1.807) is 32.3 Å². The van der Waals surface area contributed by atoms with E-state index in [4.69, 9.17) is 0 Å². The summed E-state index contributed by atoms with van der Waals surface area (Å²) < 4.78 is 14.6. The summed E-state index contributed by atoms with van der Waals surface area (Å²) in [6.07, 6.45) is 5.32. The molecule has 1 aliphatic heterocycles. The van der Waals surface area contributed by atoms with Gasteiger partial charge in [-0.25, -0.2) is 19.0 Å². The highest BCUT2D eigenvalue weighted by atomic mass is 19.1. The van der Waals surface area contributed by atoms with E-state index in [1.807, 2.05) is 30.9 Å². The first-order valence-electron chi connectivity index (χ1n) is 13.2. The number of rotatable bonds is 9. The summed E-state index contributed by atoms with van der Waals surface area (Å²) in [6.45, 7) is 6.60. The number of pyridine rings is 1. The van der Waals surface area contributed by atoms with E-state index in [-0.39, 0.29) is 5.91 Å². The molecule has 0 aliphatic carbocycles. The van der Waals surface area contributed by atoms with Crippen LogP contribution in [0.5, 0.6) is 0 Å². The standard InChI is InChI=1S/C27H32FN11O2/c1-17-11-22(33-23-12-18(2)35-36-23)34-26(32-17)37-9-7-27(29-4,8-10-37)25(41)38(16-40)19(3)20-5-6-24(30-13-20)39-15-21(28)14-31-39/h5-6,11-16,19,29H,7-10H2,1-4H3,(H2,32,33,34,35,36). The van der Waals surface area contributed by atoms with Gasteiger partial charge < -0.3 is 15.5 Å². The number of aryl methyl sites for hydroxylation is 2. The first kappa shape index (κ1) is 27.8. The van der Waals surface area contributed by atoms with Gasteiger partial charge in [0.15, 0.2) is 17.5 Å². The average molecular weight is 562 g/mol. The maximum atomic E-state index is 13.8. The number of hydrogen-bond donors (Lipinski definition) is 3. The summed E-state index contributed by atoms with van der Waals surface area (Å²) in [5, 5.41) is 17.4. The Morgan fingerprint density at radius 2 is 1.95 bits per heavy atom. The molecule has 1 unspecified atom stereocenters. The van der Waals surface area contributed by atoms with E-state index in [1.165, 1.54) is 15.8 Å². The maximum Gasteiger partial charge on any atom is 0.249 e. The molecule has 2 amide bonds. The first-order chi connectivity index (χ1) is 19.7. The van der Waals surface area contributed by atoms with Crippen LogP contribution in [-0.4, -0.2) is 77.8 Å². The third kappa shape index (κ3) is 5.77.